The Kier molecular flexibility index (Phi) is 4.14. The fourth-order valence-electron chi connectivity index (χ4n) is 2.98. The Hall–Kier alpha value is -1.64. The predicted molar refractivity (Wildman–Crippen MR) is 79.6 cm³/mol. The van der Waals surface area contributed by atoms with Gasteiger partial charge in [-0.3, -0.25) is 0 Å². The van der Waals surface area contributed by atoms with Gasteiger partial charge in [0.25, 0.3) is 0 Å². The van der Waals surface area contributed by atoms with E-state index < -0.39 is 0 Å². The van der Waals surface area contributed by atoms with Gasteiger partial charge in [0, 0.05) is 11.5 Å². The van der Waals surface area contributed by atoms with Gasteiger partial charge in [0.1, 0.15) is 0 Å². The van der Waals surface area contributed by atoms with Crippen LogP contribution in [0.1, 0.15) is 62.8 Å². The first-order chi connectivity index (χ1) is 9.86. The van der Waals surface area contributed by atoms with Crippen molar-refractivity contribution in [2.75, 3.05) is 0 Å². The third-order valence-electron chi connectivity index (χ3n) is 4.15. The van der Waals surface area contributed by atoms with Crippen LogP contribution in [-0.4, -0.2) is 10.1 Å². The summed E-state index contributed by atoms with van der Waals surface area (Å²) in [6, 6.07) is 8.52. The third kappa shape index (κ3) is 2.92. The quantitative estimate of drug-likeness (QED) is 0.805. The van der Waals surface area contributed by atoms with E-state index in [1.807, 2.05) is 0 Å². The van der Waals surface area contributed by atoms with Crippen LogP contribution in [0.15, 0.2) is 28.8 Å². The van der Waals surface area contributed by atoms with E-state index in [-0.39, 0.29) is 0 Å². The van der Waals surface area contributed by atoms with Gasteiger partial charge in [-0.25, -0.2) is 0 Å². The van der Waals surface area contributed by atoms with Crippen LogP contribution in [0.3, 0.4) is 0 Å². The van der Waals surface area contributed by atoms with E-state index in [1.54, 1.807) is 0 Å². The highest BCUT2D eigenvalue weighted by Gasteiger charge is 2.21. The number of hydrogen-bond donors (Lipinski definition) is 0. The smallest absolute Gasteiger partial charge is 0.230 e. The van der Waals surface area contributed by atoms with Crippen molar-refractivity contribution in [3.63, 3.8) is 0 Å². The zero-order valence-electron chi connectivity index (χ0n) is 12.1. The number of hydrogen-bond acceptors (Lipinski definition) is 3. The maximum atomic E-state index is 5.48. The number of aromatic nitrogens is 2. The molecule has 0 bridgehead atoms. The summed E-state index contributed by atoms with van der Waals surface area (Å²) >= 11 is 0. The molecule has 106 valence electrons. The molecule has 0 amide bonds. The fourth-order valence-corrected chi connectivity index (χ4v) is 2.98. The minimum absolute atomic E-state index is 0.476. The van der Waals surface area contributed by atoms with Gasteiger partial charge < -0.3 is 4.52 Å². The van der Waals surface area contributed by atoms with E-state index in [2.05, 4.69) is 41.3 Å². The summed E-state index contributed by atoms with van der Waals surface area (Å²) in [5.74, 6) is 2.04. The van der Waals surface area contributed by atoms with E-state index in [1.165, 1.54) is 44.1 Å². The largest absolute Gasteiger partial charge is 0.339 e. The van der Waals surface area contributed by atoms with Gasteiger partial charge in [-0.2, -0.15) is 4.98 Å². The molecule has 3 rings (SSSR count). The Morgan fingerprint density at radius 2 is 1.85 bits per heavy atom. The lowest BCUT2D eigenvalue weighted by atomic mass is 9.89. The fraction of sp³-hybridized carbons (Fsp3) is 0.529. The van der Waals surface area contributed by atoms with Crippen LogP contribution in [0.4, 0.5) is 0 Å². The lowest BCUT2D eigenvalue weighted by Crippen LogP contribution is -2.04. The first kappa shape index (κ1) is 13.3. The molecule has 1 aromatic heterocycles. The van der Waals surface area contributed by atoms with Gasteiger partial charge >= 0.3 is 0 Å². The average molecular weight is 270 g/mol. The monoisotopic (exact) mass is 270 g/mol. The SMILES string of the molecule is CCCc1ccc(-c2noc(C3CCCCC3)n2)cc1. The Morgan fingerprint density at radius 1 is 1.10 bits per heavy atom. The maximum absolute atomic E-state index is 5.48. The number of nitrogens with zero attached hydrogens (tertiary/aromatic N) is 2. The van der Waals surface area contributed by atoms with Crippen molar-refractivity contribution in [2.24, 2.45) is 0 Å². The minimum atomic E-state index is 0.476. The molecule has 0 saturated heterocycles. The summed E-state index contributed by atoms with van der Waals surface area (Å²) in [5, 5.41) is 4.15. The summed E-state index contributed by atoms with van der Waals surface area (Å²) in [5.41, 5.74) is 2.42. The summed E-state index contributed by atoms with van der Waals surface area (Å²) in [6.45, 7) is 2.20. The summed E-state index contributed by atoms with van der Waals surface area (Å²) in [6.07, 6.45) is 8.60. The predicted octanol–water partition coefficient (Wildman–Crippen LogP) is 4.74. The van der Waals surface area contributed by atoms with E-state index in [9.17, 15) is 0 Å². The van der Waals surface area contributed by atoms with Crippen molar-refractivity contribution in [2.45, 2.75) is 57.8 Å². The maximum Gasteiger partial charge on any atom is 0.230 e. The lowest BCUT2D eigenvalue weighted by molar-refractivity contribution is 0.314. The zero-order chi connectivity index (χ0) is 13.8. The van der Waals surface area contributed by atoms with E-state index in [0.29, 0.717) is 5.92 Å². The molecule has 3 heteroatoms. The summed E-state index contributed by atoms with van der Waals surface area (Å²) < 4.78 is 5.48. The molecule has 0 radical (unpaired) electrons. The summed E-state index contributed by atoms with van der Waals surface area (Å²) in [4.78, 5) is 4.60. The molecular weight excluding hydrogens is 248 g/mol. The van der Waals surface area contributed by atoms with E-state index in [4.69, 9.17) is 4.52 Å². The first-order valence-electron chi connectivity index (χ1n) is 7.79. The molecular formula is C17H22N2O. The molecule has 0 spiro atoms. The molecule has 0 unspecified atom stereocenters. The Labute approximate surface area is 120 Å². The molecule has 2 aromatic rings. The number of benzene rings is 1. The highest BCUT2D eigenvalue weighted by atomic mass is 16.5. The van der Waals surface area contributed by atoms with Gasteiger partial charge in [0.2, 0.25) is 11.7 Å². The van der Waals surface area contributed by atoms with Gasteiger partial charge in [0.15, 0.2) is 0 Å². The standard InChI is InChI=1S/C17H22N2O/c1-2-6-13-9-11-14(12-10-13)16-18-17(20-19-16)15-7-4-3-5-8-15/h9-12,15H,2-8H2,1H3. The highest BCUT2D eigenvalue weighted by molar-refractivity contribution is 5.54. The second kappa shape index (κ2) is 6.21. The molecule has 0 N–H and O–H groups in total. The van der Waals surface area contributed by atoms with Crippen molar-refractivity contribution < 1.29 is 4.52 Å². The lowest BCUT2D eigenvalue weighted by Gasteiger charge is -2.17. The van der Waals surface area contributed by atoms with Crippen LogP contribution in [0.5, 0.6) is 0 Å². The normalized spacial score (nSPS) is 16.4. The summed E-state index contributed by atoms with van der Waals surface area (Å²) in [7, 11) is 0. The van der Waals surface area contributed by atoms with E-state index >= 15 is 0 Å². The van der Waals surface area contributed by atoms with Crippen LogP contribution in [0.25, 0.3) is 11.4 Å². The third-order valence-corrected chi connectivity index (χ3v) is 4.15. The molecule has 1 aliphatic carbocycles. The molecule has 1 saturated carbocycles. The number of rotatable bonds is 4. The minimum Gasteiger partial charge on any atom is -0.339 e. The molecule has 1 aromatic carbocycles. The van der Waals surface area contributed by atoms with Gasteiger partial charge in [0.05, 0.1) is 0 Å². The van der Waals surface area contributed by atoms with Crippen molar-refractivity contribution in [1.29, 1.82) is 0 Å². The molecule has 0 atom stereocenters. The zero-order valence-corrected chi connectivity index (χ0v) is 12.1. The molecule has 20 heavy (non-hydrogen) atoms. The van der Waals surface area contributed by atoms with Gasteiger partial charge in [-0.15, -0.1) is 0 Å². The molecule has 0 aliphatic heterocycles. The average Bonchev–Trinajstić information content (AvgIpc) is 2.99. The topological polar surface area (TPSA) is 38.9 Å². The van der Waals surface area contributed by atoms with Crippen LogP contribution in [0, 0.1) is 0 Å². The molecule has 1 heterocycles. The van der Waals surface area contributed by atoms with Crippen molar-refractivity contribution >= 4 is 0 Å². The first-order valence-corrected chi connectivity index (χ1v) is 7.79. The van der Waals surface area contributed by atoms with E-state index in [0.717, 1.165) is 23.7 Å². The molecule has 3 nitrogen and oxygen atoms in total. The Bertz CT molecular complexity index is 538. The molecule has 1 fully saturated rings. The second-order valence-corrected chi connectivity index (χ2v) is 5.74. The highest BCUT2D eigenvalue weighted by Crippen LogP contribution is 2.32. The van der Waals surface area contributed by atoms with Crippen molar-refractivity contribution in [1.82, 2.24) is 10.1 Å². The van der Waals surface area contributed by atoms with Crippen LogP contribution in [-0.2, 0) is 6.42 Å². The van der Waals surface area contributed by atoms with Crippen molar-refractivity contribution in [3.8, 4) is 11.4 Å². The second-order valence-electron chi connectivity index (χ2n) is 5.74. The van der Waals surface area contributed by atoms with Crippen LogP contribution in [0.2, 0.25) is 0 Å². The Balaban J connectivity index is 1.75. The Morgan fingerprint density at radius 3 is 2.55 bits per heavy atom. The molecule has 1 aliphatic rings. The number of aryl methyl sites for hydroxylation is 1. The van der Waals surface area contributed by atoms with Gasteiger partial charge in [-0.1, -0.05) is 62.0 Å². The van der Waals surface area contributed by atoms with Crippen LogP contribution >= 0.6 is 0 Å². The van der Waals surface area contributed by atoms with Crippen LogP contribution < -0.4 is 0 Å². The van der Waals surface area contributed by atoms with Crippen molar-refractivity contribution in [3.05, 3.63) is 35.7 Å². The van der Waals surface area contributed by atoms with Gasteiger partial charge in [-0.05, 0) is 24.8 Å².